The molecule has 2 N–H and O–H groups in total. The van der Waals surface area contributed by atoms with Crippen molar-refractivity contribution < 1.29 is 4.74 Å². The molecule has 1 aromatic rings. The number of ether oxygens (including phenoxy) is 1. The number of hydrogen-bond donors (Lipinski definition) is 1. The summed E-state index contributed by atoms with van der Waals surface area (Å²) in [7, 11) is 0. The molecule has 1 saturated heterocycles. The zero-order valence-electron chi connectivity index (χ0n) is 11.2. The minimum atomic E-state index is 0.205. The van der Waals surface area contributed by atoms with E-state index in [1.54, 1.807) is 0 Å². The van der Waals surface area contributed by atoms with Gasteiger partial charge in [-0.25, -0.2) is 0 Å². The van der Waals surface area contributed by atoms with Crippen molar-refractivity contribution in [2.75, 3.05) is 5.73 Å². The molecule has 1 atom stereocenters. The highest BCUT2D eigenvalue weighted by molar-refractivity contribution is 5.35. The SMILES string of the molecule is Cc1cn(CC2CCC3(CCCCC3)O2)nc1N. The molecule has 2 fully saturated rings. The Morgan fingerprint density at radius 2 is 2.17 bits per heavy atom. The molecule has 1 aliphatic heterocycles. The van der Waals surface area contributed by atoms with Crippen LogP contribution in [0, 0.1) is 6.92 Å². The molecule has 18 heavy (non-hydrogen) atoms. The molecule has 0 aromatic carbocycles. The predicted octanol–water partition coefficient (Wildman–Crippen LogP) is 2.66. The van der Waals surface area contributed by atoms with Crippen molar-refractivity contribution in [3.8, 4) is 0 Å². The van der Waals surface area contributed by atoms with Crippen molar-refractivity contribution in [3.63, 3.8) is 0 Å². The van der Waals surface area contributed by atoms with Gasteiger partial charge in [-0.05, 0) is 32.6 Å². The van der Waals surface area contributed by atoms with Crippen LogP contribution in [-0.4, -0.2) is 21.5 Å². The molecule has 0 amide bonds. The summed E-state index contributed by atoms with van der Waals surface area (Å²) in [6.45, 7) is 2.84. The fourth-order valence-electron chi connectivity index (χ4n) is 3.43. The molecule has 0 radical (unpaired) electrons. The van der Waals surface area contributed by atoms with Crippen LogP contribution in [0.3, 0.4) is 0 Å². The summed E-state index contributed by atoms with van der Waals surface area (Å²) in [6.07, 6.45) is 11.3. The summed E-state index contributed by atoms with van der Waals surface area (Å²) in [6, 6.07) is 0. The molecule has 1 saturated carbocycles. The van der Waals surface area contributed by atoms with Crippen LogP contribution >= 0.6 is 0 Å². The van der Waals surface area contributed by atoms with E-state index in [9.17, 15) is 0 Å². The maximum atomic E-state index is 6.34. The Kier molecular flexibility index (Phi) is 3.06. The summed E-state index contributed by atoms with van der Waals surface area (Å²) in [5.74, 6) is 0.639. The molecule has 4 heteroatoms. The molecular formula is C14H23N3O. The van der Waals surface area contributed by atoms with E-state index in [0.717, 1.165) is 12.1 Å². The van der Waals surface area contributed by atoms with Crippen LogP contribution in [0.1, 0.15) is 50.5 Å². The lowest BCUT2D eigenvalue weighted by atomic mass is 9.83. The molecule has 1 aromatic heterocycles. The Bertz CT molecular complexity index is 401. The molecule has 0 bridgehead atoms. The maximum Gasteiger partial charge on any atom is 0.148 e. The first kappa shape index (κ1) is 12.0. The second-order valence-electron chi connectivity index (χ2n) is 5.94. The van der Waals surface area contributed by atoms with Crippen molar-refractivity contribution in [3.05, 3.63) is 11.8 Å². The Balaban J connectivity index is 1.62. The average molecular weight is 249 g/mol. The zero-order chi connectivity index (χ0) is 12.6. The standard InChI is InChI=1S/C14H23N3O/c1-11-9-17(16-13(11)15)10-12-5-8-14(18-12)6-3-2-4-7-14/h9,12H,2-8,10H2,1H3,(H2,15,16). The van der Waals surface area contributed by atoms with Crippen molar-refractivity contribution in [1.29, 1.82) is 0 Å². The minimum Gasteiger partial charge on any atom is -0.382 e. The Morgan fingerprint density at radius 3 is 2.83 bits per heavy atom. The van der Waals surface area contributed by atoms with Gasteiger partial charge in [0.25, 0.3) is 0 Å². The van der Waals surface area contributed by atoms with Crippen LogP contribution < -0.4 is 5.73 Å². The van der Waals surface area contributed by atoms with Crippen LogP contribution in [0.25, 0.3) is 0 Å². The highest BCUT2D eigenvalue weighted by Gasteiger charge is 2.40. The highest BCUT2D eigenvalue weighted by Crippen LogP contribution is 2.42. The van der Waals surface area contributed by atoms with E-state index in [1.165, 1.54) is 44.9 Å². The fraction of sp³-hybridized carbons (Fsp3) is 0.786. The van der Waals surface area contributed by atoms with Gasteiger partial charge in [-0.15, -0.1) is 0 Å². The van der Waals surface area contributed by atoms with E-state index in [4.69, 9.17) is 10.5 Å². The molecule has 1 aliphatic carbocycles. The average Bonchev–Trinajstić information content (AvgIpc) is 2.86. The summed E-state index contributed by atoms with van der Waals surface area (Å²) in [4.78, 5) is 0. The van der Waals surface area contributed by atoms with E-state index in [-0.39, 0.29) is 5.60 Å². The molecule has 2 heterocycles. The highest BCUT2D eigenvalue weighted by atomic mass is 16.5. The second kappa shape index (κ2) is 4.57. The van der Waals surface area contributed by atoms with Gasteiger partial charge >= 0.3 is 0 Å². The number of nitrogens with two attached hydrogens (primary N) is 1. The maximum absolute atomic E-state index is 6.34. The first-order valence-corrected chi connectivity index (χ1v) is 7.14. The van der Waals surface area contributed by atoms with E-state index in [1.807, 2.05) is 17.8 Å². The lowest BCUT2D eigenvalue weighted by Crippen LogP contribution is -2.32. The molecule has 3 rings (SSSR count). The third-order valence-electron chi connectivity index (χ3n) is 4.48. The number of nitrogen functional groups attached to an aromatic ring is 1. The monoisotopic (exact) mass is 249 g/mol. The molecule has 1 spiro atoms. The summed E-state index contributed by atoms with van der Waals surface area (Å²) in [5, 5.41) is 4.32. The van der Waals surface area contributed by atoms with Gasteiger partial charge in [-0.1, -0.05) is 19.3 Å². The van der Waals surface area contributed by atoms with Crippen LogP contribution in [0.5, 0.6) is 0 Å². The minimum absolute atomic E-state index is 0.205. The number of rotatable bonds is 2. The van der Waals surface area contributed by atoms with Gasteiger partial charge in [-0.3, -0.25) is 4.68 Å². The number of anilines is 1. The number of nitrogens with zero attached hydrogens (tertiary/aromatic N) is 2. The van der Waals surface area contributed by atoms with Crippen molar-refractivity contribution in [2.45, 2.75) is 70.1 Å². The first-order chi connectivity index (χ1) is 8.67. The summed E-state index contributed by atoms with van der Waals surface area (Å²) in [5.41, 5.74) is 7.04. The molecule has 2 aliphatic rings. The molecular weight excluding hydrogens is 226 g/mol. The number of aromatic nitrogens is 2. The normalized spacial score (nSPS) is 26.8. The smallest absolute Gasteiger partial charge is 0.148 e. The third-order valence-corrected chi connectivity index (χ3v) is 4.48. The fourth-order valence-corrected chi connectivity index (χ4v) is 3.43. The molecule has 1 unspecified atom stereocenters. The van der Waals surface area contributed by atoms with E-state index < -0.39 is 0 Å². The third kappa shape index (κ3) is 2.26. The van der Waals surface area contributed by atoms with Crippen LogP contribution in [0.4, 0.5) is 5.82 Å². The first-order valence-electron chi connectivity index (χ1n) is 7.14. The molecule has 4 nitrogen and oxygen atoms in total. The van der Waals surface area contributed by atoms with Crippen molar-refractivity contribution in [2.24, 2.45) is 0 Å². The largest absolute Gasteiger partial charge is 0.382 e. The van der Waals surface area contributed by atoms with Crippen LogP contribution in [0.2, 0.25) is 0 Å². The van der Waals surface area contributed by atoms with Crippen LogP contribution in [-0.2, 0) is 11.3 Å². The van der Waals surface area contributed by atoms with E-state index in [0.29, 0.717) is 11.9 Å². The topological polar surface area (TPSA) is 53.1 Å². The van der Waals surface area contributed by atoms with Gasteiger partial charge in [-0.2, -0.15) is 5.10 Å². The lowest BCUT2D eigenvalue weighted by Gasteiger charge is -2.33. The Labute approximate surface area is 108 Å². The summed E-state index contributed by atoms with van der Waals surface area (Å²) >= 11 is 0. The number of hydrogen-bond acceptors (Lipinski definition) is 3. The van der Waals surface area contributed by atoms with Gasteiger partial charge in [0.15, 0.2) is 0 Å². The van der Waals surface area contributed by atoms with Gasteiger partial charge < -0.3 is 10.5 Å². The lowest BCUT2D eigenvalue weighted by molar-refractivity contribution is -0.0688. The Hall–Kier alpha value is -1.03. The quantitative estimate of drug-likeness (QED) is 0.876. The zero-order valence-corrected chi connectivity index (χ0v) is 11.2. The van der Waals surface area contributed by atoms with E-state index in [2.05, 4.69) is 5.10 Å². The van der Waals surface area contributed by atoms with Gasteiger partial charge in [0.05, 0.1) is 18.2 Å². The summed E-state index contributed by atoms with van der Waals surface area (Å²) < 4.78 is 8.28. The van der Waals surface area contributed by atoms with Gasteiger partial charge in [0, 0.05) is 11.8 Å². The van der Waals surface area contributed by atoms with Crippen molar-refractivity contribution >= 4 is 5.82 Å². The predicted molar refractivity (Wildman–Crippen MR) is 71.3 cm³/mol. The van der Waals surface area contributed by atoms with Crippen LogP contribution in [0.15, 0.2) is 6.20 Å². The van der Waals surface area contributed by atoms with E-state index >= 15 is 0 Å². The van der Waals surface area contributed by atoms with Gasteiger partial charge in [0.1, 0.15) is 5.82 Å². The van der Waals surface area contributed by atoms with Crippen molar-refractivity contribution in [1.82, 2.24) is 9.78 Å². The molecule has 100 valence electrons. The van der Waals surface area contributed by atoms with Gasteiger partial charge in [0.2, 0.25) is 0 Å². The Morgan fingerprint density at radius 1 is 1.39 bits per heavy atom. The second-order valence-corrected chi connectivity index (χ2v) is 5.94. The number of aryl methyl sites for hydroxylation is 1.